The predicted molar refractivity (Wildman–Crippen MR) is 49.4 cm³/mol. The maximum atomic E-state index is 10.8. The first-order valence-corrected chi connectivity index (χ1v) is 4.25. The lowest BCUT2D eigenvalue weighted by atomic mass is 9.85. The zero-order valence-corrected chi connectivity index (χ0v) is 7.47. The second-order valence-corrected chi connectivity index (χ2v) is 3.41. The molecule has 2 N–H and O–H groups in total. The Balaban J connectivity index is 2.59. The van der Waals surface area contributed by atoms with Crippen LogP contribution in [-0.4, -0.2) is 5.91 Å². The molecule has 1 aliphatic rings. The van der Waals surface area contributed by atoms with Crippen LogP contribution in [0.25, 0.3) is 0 Å². The van der Waals surface area contributed by atoms with E-state index in [1.807, 2.05) is 13.0 Å². The lowest BCUT2D eigenvalue weighted by Crippen LogP contribution is -2.18. The highest BCUT2D eigenvalue weighted by molar-refractivity contribution is 5.91. The van der Waals surface area contributed by atoms with Gasteiger partial charge in [0.1, 0.15) is 0 Å². The highest BCUT2D eigenvalue weighted by Gasteiger charge is 2.16. The SMILES string of the molecule is C=C(C)[C@@H]1CC=C(C(N)=O)CC1. The molecule has 2 heteroatoms. The second kappa shape index (κ2) is 3.57. The van der Waals surface area contributed by atoms with E-state index >= 15 is 0 Å². The van der Waals surface area contributed by atoms with Gasteiger partial charge in [0.25, 0.3) is 0 Å². The Morgan fingerprint density at radius 1 is 1.75 bits per heavy atom. The van der Waals surface area contributed by atoms with E-state index in [-0.39, 0.29) is 5.91 Å². The smallest absolute Gasteiger partial charge is 0.244 e. The van der Waals surface area contributed by atoms with Gasteiger partial charge in [-0.3, -0.25) is 4.79 Å². The molecule has 0 radical (unpaired) electrons. The van der Waals surface area contributed by atoms with Crippen LogP contribution in [-0.2, 0) is 4.79 Å². The summed E-state index contributed by atoms with van der Waals surface area (Å²) in [7, 11) is 0. The summed E-state index contributed by atoms with van der Waals surface area (Å²) in [4.78, 5) is 10.8. The van der Waals surface area contributed by atoms with E-state index < -0.39 is 0 Å². The van der Waals surface area contributed by atoms with Crippen molar-refractivity contribution in [2.75, 3.05) is 0 Å². The lowest BCUT2D eigenvalue weighted by molar-refractivity contribution is -0.114. The number of rotatable bonds is 2. The van der Waals surface area contributed by atoms with E-state index in [0.717, 1.165) is 24.8 Å². The Kier molecular flexibility index (Phi) is 2.69. The number of carbonyl (C=O) groups is 1. The third-order valence-corrected chi connectivity index (χ3v) is 2.42. The van der Waals surface area contributed by atoms with Crippen LogP contribution in [0.15, 0.2) is 23.8 Å². The van der Waals surface area contributed by atoms with Gasteiger partial charge in [-0.1, -0.05) is 18.2 Å². The van der Waals surface area contributed by atoms with E-state index in [9.17, 15) is 4.79 Å². The van der Waals surface area contributed by atoms with Crippen LogP contribution in [0, 0.1) is 5.92 Å². The van der Waals surface area contributed by atoms with Gasteiger partial charge in [0.2, 0.25) is 5.91 Å². The molecule has 0 saturated carbocycles. The van der Waals surface area contributed by atoms with Gasteiger partial charge in [0, 0.05) is 5.57 Å². The van der Waals surface area contributed by atoms with Gasteiger partial charge >= 0.3 is 0 Å². The Hall–Kier alpha value is -1.05. The standard InChI is InChI=1S/C10H15NO/c1-7(2)8-3-5-9(6-4-8)10(11)12/h5,8H,1,3-4,6H2,2H3,(H2,11,12)/t8-/m1/s1. The maximum Gasteiger partial charge on any atom is 0.244 e. The zero-order chi connectivity index (χ0) is 9.14. The van der Waals surface area contributed by atoms with Gasteiger partial charge in [-0.15, -0.1) is 0 Å². The Morgan fingerprint density at radius 3 is 2.75 bits per heavy atom. The number of carbonyl (C=O) groups excluding carboxylic acids is 1. The zero-order valence-electron chi connectivity index (χ0n) is 7.47. The summed E-state index contributed by atoms with van der Waals surface area (Å²) in [6, 6.07) is 0. The molecule has 0 aliphatic heterocycles. The summed E-state index contributed by atoms with van der Waals surface area (Å²) in [6.07, 6.45) is 4.70. The number of primary amides is 1. The van der Waals surface area contributed by atoms with E-state index in [4.69, 9.17) is 5.73 Å². The van der Waals surface area contributed by atoms with Crippen LogP contribution < -0.4 is 5.73 Å². The number of amides is 1. The van der Waals surface area contributed by atoms with Crippen molar-refractivity contribution in [1.82, 2.24) is 0 Å². The number of nitrogens with two attached hydrogens (primary N) is 1. The van der Waals surface area contributed by atoms with Gasteiger partial charge in [-0.25, -0.2) is 0 Å². The molecule has 0 spiro atoms. The fourth-order valence-electron chi connectivity index (χ4n) is 1.51. The molecule has 0 fully saturated rings. The molecule has 0 heterocycles. The third kappa shape index (κ3) is 1.97. The lowest BCUT2D eigenvalue weighted by Gasteiger charge is -2.20. The maximum absolute atomic E-state index is 10.8. The minimum absolute atomic E-state index is 0.268. The molecule has 12 heavy (non-hydrogen) atoms. The van der Waals surface area contributed by atoms with Crippen molar-refractivity contribution in [3.8, 4) is 0 Å². The molecule has 0 aromatic rings. The first-order chi connectivity index (χ1) is 5.61. The Morgan fingerprint density at radius 2 is 2.42 bits per heavy atom. The van der Waals surface area contributed by atoms with Crippen molar-refractivity contribution >= 4 is 5.91 Å². The van der Waals surface area contributed by atoms with Gasteiger partial charge in [0.05, 0.1) is 0 Å². The summed E-state index contributed by atoms with van der Waals surface area (Å²) >= 11 is 0. The molecular weight excluding hydrogens is 150 g/mol. The molecule has 1 rings (SSSR count). The van der Waals surface area contributed by atoms with Gasteiger partial charge in [-0.05, 0) is 32.1 Å². The monoisotopic (exact) mass is 165 g/mol. The first kappa shape index (κ1) is 9.04. The second-order valence-electron chi connectivity index (χ2n) is 3.41. The van der Waals surface area contributed by atoms with Crippen molar-refractivity contribution in [3.63, 3.8) is 0 Å². The third-order valence-electron chi connectivity index (χ3n) is 2.42. The molecule has 1 atom stereocenters. The average molecular weight is 165 g/mol. The number of allylic oxidation sites excluding steroid dienone is 2. The Labute approximate surface area is 73.1 Å². The molecule has 0 aromatic heterocycles. The van der Waals surface area contributed by atoms with Crippen LogP contribution >= 0.6 is 0 Å². The molecule has 0 bridgehead atoms. The van der Waals surface area contributed by atoms with Crippen LogP contribution in [0.1, 0.15) is 26.2 Å². The normalized spacial score (nSPS) is 23.1. The summed E-state index contributed by atoms with van der Waals surface area (Å²) in [5, 5.41) is 0. The van der Waals surface area contributed by atoms with Crippen LogP contribution in [0.4, 0.5) is 0 Å². The van der Waals surface area contributed by atoms with Gasteiger partial charge < -0.3 is 5.73 Å². The minimum atomic E-state index is -0.268. The molecule has 1 aliphatic carbocycles. The molecule has 0 unspecified atom stereocenters. The van der Waals surface area contributed by atoms with E-state index in [2.05, 4.69) is 6.58 Å². The van der Waals surface area contributed by atoms with Crippen molar-refractivity contribution in [2.24, 2.45) is 11.7 Å². The largest absolute Gasteiger partial charge is 0.366 e. The van der Waals surface area contributed by atoms with Gasteiger partial charge in [0.15, 0.2) is 0 Å². The highest BCUT2D eigenvalue weighted by atomic mass is 16.1. The molecule has 66 valence electrons. The molecule has 2 nitrogen and oxygen atoms in total. The minimum Gasteiger partial charge on any atom is -0.366 e. The van der Waals surface area contributed by atoms with Crippen molar-refractivity contribution < 1.29 is 4.79 Å². The summed E-state index contributed by atoms with van der Waals surface area (Å²) in [6.45, 7) is 5.94. The van der Waals surface area contributed by atoms with E-state index in [1.54, 1.807) is 0 Å². The highest BCUT2D eigenvalue weighted by Crippen LogP contribution is 2.27. The van der Waals surface area contributed by atoms with Crippen LogP contribution in [0.5, 0.6) is 0 Å². The van der Waals surface area contributed by atoms with Crippen LogP contribution in [0.2, 0.25) is 0 Å². The summed E-state index contributed by atoms with van der Waals surface area (Å²) in [5.74, 6) is 0.281. The average Bonchev–Trinajstić information content (AvgIpc) is 2.04. The van der Waals surface area contributed by atoms with E-state index in [1.165, 1.54) is 5.57 Å². The van der Waals surface area contributed by atoms with Gasteiger partial charge in [-0.2, -0.15) is 0 Å². The summed E-state index contributed by atoms with van der Waals surface area (Å²) in [5.41, 5.74) is 7.15. The topological polar surface area (TPSA) is 43.1 Å². The molecular formula is C10H15NO. The Bertz CT molecular complexity index is 240. The molecule has 0 saturated heterocycles. The van der Waals surface area contributed by atoms with Crippen molar-refractivity contribution in [3.05, 3.63) is 23.8 Å². The molecule has 0 aromatic carbocycles. The summed E-state index contributed by atoms with van der Waals surface area (Å²) < 4.78 is 0. The number of hydrogen-bond acceptors (Lipinski definition) is 1. The molecule has 1 amide bonds. The fourth-order valence-corrected chi connectivity index (χ4v) is 1.51. The quantitative estimate of drug-likeness (QED) is 0.623. The van der Waals surface area contributed by atoms with E-state index in [0.29, 0.717) is 5.92 Å². The van der Waals surface area contributed by atoms with Crippen molar-refractivity contribution in [2.45, 2.75) is 26.2 Å². The first-order valence-electron chi connectivity index (χ1n) is 4.25. The number of hydrogen-bond donors (Lipinski definition) is 1. The predicted octanol–water partition coefficient (Wildman–Crippen LogP) is 1.77. The van der Waals surface area contributed by atoms with Crippen LogP contribution in [0.3, 0.4) is 0 Å². The fraction of sp³-hybridized carbons (Fsp3) is 0.500. The van der Waals surface area contributed by atoms with Crippen molar-refractivity contribution in [1.29, 1.82) is 0 Å².